The van der Waals surface area contributed by atoms with E-state index in [9.17, 15) is 9.59 Å². The van der Waals surface area contributed by atoms with Crippen LogP contribution in [0, 0.1) is 23.7 Å². The van der Waals surface area contributed by atoms with Gasteiger partial charge < -0.3 is 10.2 Å². The van der Waals surface area contributed by atoms with Gasteiger partial charge in [0.2, 0.25) is 11.8 Å². The number of nitrogens with one attached hydrogen (secondary N) is 1. The Morgan fingerprint density at radius 3 is 2.65 bits per heavy atom. The first-order valence-corrected chi connectivity index (χ1v) is 8.34. The van der Waals surface area contributed by atoms with Crippen molar-refractivity contribution in [3.63, 3.8) is 0 Å². The number of carbonyl (C=O) groups is 2. The number of nitrogens with zero attached hydrogens (tertiary/aromatic N) is 1. The zero-order valence-electron chi connectivity index (χ0n) is 13.3. The number of carbonyl (C=O) groups excluding carboxylic acids is 2. The van der Waals surface area contributed by atoms with Gasteiger partial charge in [0.05, 0.1) is 12.5 Å². The fourth-order valence-corrected chi connectivity index (χ4v) is 2.92. The lowest BCUT2D eigenvalue weighted by molar-refractivity contribution is -0.136. The van der Waals surface area contributed by atoms with E-state index in [-0.39, 0.29) is 23.7 Å². The zero-order valence-corrected chi connectivity index (χ0v) is 13.3. The molecule has 4 nitrogen and oxygen atoms in total. The Morgan fingerprint density at radius 2 is 1.91 bits per heavy atom. The number of amides is 2. The topological polar surface area (TPSA) is 49.4 Å². The van der Waals surface area contributed by atoms with Crippen molar-refractivity contribution < 1.29 is 9.59 Å². The normalized spacial score (nSPS) is 20.3. The van der Waals surface area contributed by atoms with Gasteiger partial charge in [-0.3, -0.25) is 9.59 Å². The molecular weight excluding hydrogens is 288 g/mol. The molecule has 1 N–H and O–H groups in total. The number of benzene rings is 1. The van der Waals surface area contributed by atoms with Crippen molar-refractivity contribution in [2.75, 3.05) is 19.6 Å². The Balaban J connectivity index is 1.46. The van der Waals surface area contributed by atoms with Crippen molar-refractivity contribution in [3.8, 4) is 11.8 Å². The van der Waals surface area contributed by atoms with Crippen LogP contribution in [0.1, 0.15) is 31.2 Å². The Bertz CT molecular complexity index is 626. The van der Waals surface area contributed by atoms with E-state index < -0.39 is 0 Å². The number of rotatable bonds is 3. The Hall–Kier alpha value is -2.28. The van der Waals surface area contributed by atoms with E-state index in [1.165, 1.54) is 0 Å². The molecule has 1 saturated carbocycles. The first-order valence-electron chi connectivity index (χ1n) is 8.34. The molecule has 1 saturated heterocycles. The van der Waals surface area contributed by atoms with Gasteiger partial charge in [0.25, 0.3) is 0 Å². The van der Waals surface area contributed by atoms with E-state index in [1.54, 1.807) is 0 Å². The van der Waals surface area contributed by atoms with Gasteiger partial charge in [0.1, 0.15) is 0 Å². The lowest BCUT2D eigenvalue weighted by atomic mass is 9.96. The van der Waals surface area contributed by atoms with E-state index in [1.807, 2.05) is 35.2 Å². The van der Waals surface area contributed by atoms with Crippen molar-refractivity contribution >= 4 is 11.8 Å². The minimum Gasteiger partial charge on any atom is -0.345 e. The first kappa shape index (κ1) is 15.6. The molecule has 3 rings (SSSR count). The highest BCUT2D eigenvalue weighted by Gasteiger charge is 2.36. The van der Waals surface area contributed by atoms with Crippen LogP contribution in [0.4, 0.5) is 0 Å². The predicted octanol–water partition coefficient (Wildman–Crippen LogP) is 1.80. The van der Waals surface area contributed by atoms with Gasteiger partial charge in [0, 0.05) is 24.6 Å². The molecule has 4 heteroatoms. The van der Waals surface area contributed by atoms with E-state index >= 15 is 0 Å². The maximum absolute atomic E-state index is 12.2. The summed E-state index contributed by atoms with van der Waals surface area (Å²) in [5.41, 5.74) is 0.945. The molecule has 1 aromatic carbocycles. The molecule has 1 aliphatic carbocycles. The van der Waals surface area contributed by atoms with Gasteiger partial charge in [0.15, 0.2) is 0 Å². The van der Waals surface area contributed by atoms with E-state index in [2.05, 4.69) is 17.2 Å². The molecule has 23 heavy (non-hydrogen) atoms. The monoisotopic (exact) mass is 310 g/mol. The average Bonchev–Trinajstić information content (AvgIpc) is 3.44. The van der Waals surface area contributed by atoms with Crippen molar-refractivity contribution in [2.24, 2.45) is 11.8 Å². The third-order valence-corrected chi connectivity index (χ3v) is 4.39. The second-order valence-corrected chi connectivity index (χ2v) is 6.28. The highest BCUT2D eigenvalue weighted by molar-refractivity contribution is 5.83. The summed E-state index contributed by atoms with van der Waals surface area (Å²) in [6, 6.07) is 9.71. The molecule has 0 radical (unpaired) electrons. The van der Waals surface area contributed by atoms with Crippen molar-refractivity contribution in [1.82, 2.24) is 10.2 Å². The zero-order chi connectivity index (χ0) is 16.1. The summed E-state index contributed by atoms with van der Waals surface area (Å²) in [7, 11) is 0. The maximum Gasteiger partial charge on any atom is 0.225 e. The van der Waals surface area contributed by atoms with Gasteiger partial charge in [-0.2, -0.15) is 0 Å². The van der Waals surface area contributed by atoms with E-state index in [0.717, 1.165) is 37.8 Å². The smallest absolute Gasteiger partial charge is 0.225 e. The number of hydrogen-bond acceptors (Lipinski definition) is 2. The lowest BCUT2D eigenvalue weighted by Gasteiger charge is -2.32. The van der Waals surface area contributed by atoms with Gasteiger partial charge in [-0.05, 0) is 37.8 Å². The van der Waals surface area contributed by atoms with Gasteiger partial charge in [-0.15, -0.1) is 0 Å². The largest absolute Gasteiger partial charge is 0.345 e. The van der Waals surface area contributed by atoms with E-state index in [0.29, 0.717) is 13.1 Å². The molecule has 0 unspecified atom stereocenters. The molecule has 0 spiro atoms. The van der Waals surface area contributed by atoms with Crippen molar-refractivity contribution in [2.45, 2.75) is 25.7 Å². The third-order valence-electron chi connectivity index (χ3n) is 4.39. The predicted molar refractivity (Wildman–Crippen MR) is 88.4 cm³/mol. The van der Waals surface area contributed by atoms with Crippen LogP contribution in [-0.2, 0) is 9.59 Å². The lowest BCUT2D eigenvalue weighted by Crippen LogP contribution is -2.46. The third kappa shape index (κ3) is 4.35. The SMILES string of the molecule is O=C(NCC#Cc1ccccc1)[C@H]1CCCN(C(=O)C2CC2)C1. The van der Waals surface area contributed by atoms with E-state index in [4.69, 9.17) is 0 Å². The number of likely N-dealkylation sites (tertiary alicyclic amines) is 1. The van der Waals surface area contributed by atoms with Gasteiger partial charge in [-0.1, -0.05) is 30.0 Å². The van der Waals surface area contributed by atoms with Crippen LogP contribution < -0.4 is 5.32 Å². The van der Waals surface area contributed by atoms with Crippen LogP contribution >= 0.6 is 0 Å². The summed E-state index contributed by atoms with van der Waals surface area (Å²) < 4.78 is 0. The minimum atomic E-state index is -0.0926. The Kier molecular flexibility index (Phi) is 4.97. The van der Waals surface area contributed by atoms with Crippen LogP contribution in [0.2, 0.25) is 0 Å². The molecule has 0 bridgehead atoms. The van der Waals surface area contributed by atoms with Gasteiger partial charge in [-0.25, -0.2) is 0 Å². The minimum absolute atomic E-state index is 0.0145. The molecule has 1 heterocycles. The number of piperidine rings is 1. The molecular formula is C19H22N2O2. The molecule has 1 aliphatic heterocycles. The molecule has 1 aromatic rings. The summed E-state index contributed by atoms with van der Waals surface area (Å²) in [6.07, 6.45) is 3.79. The summed E-state index contributed by atoms with van der Waals surface area (Å²) in [6.45, 7) is 1.71. The fourth-order valence-electron chi connectivity index (χ4n) is 2.92. The Morgan fingerprint density at radius 1 is 1.13 bits per heavy atom. The molecule has 2 aliphatic rings. The van der Waals surface area contributed by atoms with Crippen LogP contribution in [-0.4, -0.2) is 36.3 Å². The Labute approximate surface area is 137 Å². The number of hydrogen-bond donors (Lipinski definition) is 1. The molecule has 0 aromatic heterocycles. The van der Waals surface area contributed by atoms with Gasteiger partial charge >= 0.3 is 0 Å². The van der Waals surface area contributed by atoms with Crippen LogP contribution in [0.15, 0.2) is 30.3 Å². The van der Waals surface area contributed by atoms with Crippen molar-refractivity contribution in [3.05, 3.63) is 35.9 Å². The molecule has 1 atom stereocenters. The van der Waals surface area contributed by atoms with Crippen LogP contribution in [0.3, 0.4) is 0 Å². The second kappa shape index (κ2) is 7.32. The quantitative estimate of drug-likeness (QED) is 0.866. The average molecular weight is 310 g/mol. The molecule has 2 amide bonds. The highest BCUT2D eigenvalue weighted by Crippen LogP contribution is 2.32. The summed E-state index contributed by atoms with van der Waals surface area (Å²) >= 11 is 0. The second-order valence-electron chi connectivity index (χ2n) is 6.28. The highest BCUT2D eigenvalue weighted by atomic mass is 16.2. The first-order chi connectivity index (χ1) is 11.2. The summed E-state index contributed by atoms with van der Waals surface area (Å²) in [5, 5.41) is 2.88. The standard InChI is InChI=1S/C19H22N2O2/c22-18(20-12-4-8-15-6-2-1-3-7-15)17-9-5-13-21(14-17)19(23)16-10-11-16/h1-3,6-7,16-17H,5,9-14H2,(H,20,22)/t17-/m0/s1. The van der Waals surface area contributed by atoms with Crippen molar-refractivity contribution in [1.29, 1.82) is 0 Å². The molecule has 120 valence electrons. The summed E-state index contributed by atoms with van der Waals surface area (Å²) in [4.78, 5) is 26.2. The maximum atomic E-state index is 12.2. The molecule has 2 fully saturated rings. The summed E-state index contributed by atoms with van der Waals surface area (Å²) in [5.74, 6) is 6.39. The van der Waals surface area contributed by atoms with Crippen LogP contribution in [0.5, 0.6) is 0 Å². The van der Waals surface area contributed by atoms with Crippen LogP contribution in [0.25, 0.3) is 0 Å². The fraction of sp³-hybridized carbons (Fsp3) is 0.474.